The third-order valence-corrected chi connectivity index (χ3v) is 3.61. The van der Waals surface area contributed by atoms with E-state index in [1.807, 2.05) is 24.3 Å². The predicted molar refractivity (Wildman–Crippen MR) is 80.0 cm³/mol. The summed E-state index contributed by atoms with van der Waals surface area (Å²) in [4.78, 5) is 16.2. The van der Waals surface area contributed by atoms with Crippen molar-refractivity contribution in [3.63, 3.8) is 0 Å². The Labute approximate surface area is 122 Å². The molecule has 5 heteroatoms. The van der Waals surface area contributed by atoms with Crippen LogP contribution in [0.5, 0.6) is 0 Å². The molecule has 0 saturated heterocycles. The number of carbonyl (C=O) groups is 1. The molecule has 20 heavy (non-hydrogen) atoms. The molecular formula is C15H14ClN3O. The number of pyridine rings is 1. The number of nitrogens with zero attached hydrogens (tertiary/aromatic N) is 1. The number of para-hydroxylation sites is 1. The van der Waals surface area contributed by atoms with Crippen LogP contribution in [0.4, 0.5) is 11.4 Å². The number of fused-ring (bicyclic) bond motifs is 1. The third kappa shape index (κ3) is 2.75. The van der Waals surface area contributed by atoms with Crippen LogP contribution in [0.15, 0.2) is 42.6 Å². The van der Waals surface area contributed by atoms with Gasteiger partial charge in [-0.25, -0.2) is 4.98 Å². The summed E-state index contributed by atoms with van der Waals surface area (Å²) in [7, 11) is 0. The fourth-order valence-corrected chi connectivity index (χ4v) is 2.43. The number of amides is 1. The fourth-order valence-electron chi connectivity index (χ4n) is 2.32. The van der Waals surface area contributed by atoms with Crippen molar-refractivity contribution in [2.24, 2.45) is 5.92 Å². The van der Waals surface area contributed by atoms with Crippen LogP contribution >= 0.6 is 11.6 Å². The molecule has 1 unspecified atom stereocenters. The maximum absolute atomic E-state index is 12.3. The smallest absolute Gasteiger partial charge is 0.229 e. The van der Waals surface area contributed by atoms with E-state index in [2.05, 4.69) is 15.6 Å². The summed E-state index contributed by atoms with van der Waals surface area (Å²) in [5.74, 6) is -0.0864. The molecule has 1 amide bonds. The van der Waals surface area contributed by atoms with Gasteiger partial charge in [0.25, 0.3) is 0 Å². The van der Waals surface area contributed by atoms with Gasteiger partial charge >= 0.3 is 0 Å². The molecule has 0 saturated carbocycles. The van der Waals surface area contributed by atoms with Crippen LogP contribution in [0.1, 0.15) is 5.56 Å². The molecule has 0 fully saturated rings. The average Bonchev–Trinajstić information content (AvgIpc) is 2.49. The van der Waals surface area contributed by atoms with Gasteiger partial charge in [0.15, 0.2) is 0 Å². The minimum atomic E-state index is -0.0828. The van der Waals surface area contributed by atoms with E-state index in [0.717, 1.165) is 12.1 Å². The molecule has 2 heterocycles. The standard InChI is InChI=1S/C15H14ClN3O/c16-14-6-5-12(9-18-14)19-15(20)11-7-10-3-1-2-4-13(10)17-8-11/h1-6,9,11,17H,7-8H2,(H,19,20). The predicted octanol–water partition coefficient (Wildman–Crippen LogP) is 2.96. The van der Waals surface area contributed by atoms with Gasteiger partial charge in [0.1, 0.15) is 5.15 Å². The highest BCUT2D eigenvalue weighted by molar-refractivity contribution is 6.29. The maximum atomic E-state index is 12.3. The van der Waals surface area contributed by atoms with E-state index in [0.29, 0.717) is 17.4 Å². The van der Waals surface area contributed by atoms with Gasteiger partial charge in [-0.15, -0.1) is 0 Å². The highest BCUT2D eigenvalue weighted by Gasteiger charge is 2.24. The average molecular weight is 288 g/mol. The lowest BCUT2D eigenvalue weighted by atomic mass is 9.93. The zero-order chi connectivity index (χ0) is 13.9. The number of rotatable bonds is 2. The molecule has 1 aromatic carbocycles. The maximum Gasteiger partial charge on any atom is 0.229 e. The highest BCUT2D eigenvalue weighted by Crippen LogP contribution is 2.25. The Hall–Kier alpha value is -2.07. The van der Waals surface area contributed by atoms with Crippen molar-refractivity contribution in [2.45, 2.75) is 6.42 Å². The molecule has 1 aliphatic heterocycles. The number of aromatic nitrogens is 1. The van der Waals surface area contributed by atoms with Crippen LogP contribution in [-0.4, -0.2) is 17.4 Å². The Bertz CT molecular complexity index is 627. The first-order chi connectivity index (χ1) is 9.72. The van der Waals surface area contributed by atoms with Crippen molar-refractivity contribution in [3.05, 3.63) is 53.3 Å². The van der Waals surface area contributed by atoms with Crippen LogP contribution < -0.4 is 10.6 Å². The van der Waals surface area contributed by atoms with Crippen molar-refractivity contribution in [2.75, 3.05) is 17.2 Å². The molecule has 2 N–H and O–H groups in total. The zero-order valence-electron chi connectivity index (χ0n) is 10.8. The first kappa shape index (κ1) is 12.9. The number of benzene rings is 1. The SMILES string of the molecule is O=C(Nc1ccc(Cl)nc1)C1CNc2ccccc2C1. The first-order valence-corrected chi connectivity index (χ1v) is 6.84. The van der Waals surface area contributed by atoms with Gasteiger partial charge in [0.05, 0.1) is 17.8 Å². The van der Waals surface area contributed by atoms with Crippen LogP contribution in [-0.2, 0) is 11.2 Å². The summed E-state index contributed by atoms with van der Waals surface area (Å²) in [6.45, 7) is 0.643. The van der Waals surface area contributed by atoms with Gasteiger partial charge < -0.3 is 10.6 Å². The molecule has 0 aliphatic carbocycles. The van der Waals surface area contributed by atoms with E-state index in [4.69, 9.17) is 11.6 Å². The number of nitrogens with one attached hydrogen (secondary N) is 2. The molecule has 4 nitrogen and oxygen atoms in total. The van der Waals surface area contributed by atoms with Crippen molar-refractivity contribution in [1.29, 1.82) is 0 Å². The van der Waals surface area contributed by atoms with Crippen molar-refractivity contribution >= 4 is 28.9 Å². The molecule has 1 aliphatic rings. The van der Waals surface area contributed by atoms with E-state index >= 15 is 0 Å². The Morgan fingerprint density at radius 3 is 2.95 bits per heavy atom. The lowest BCUT2D eigenvalue weighted by Crippen LogP contribution is -2.33. The molecule has 0 radical (unpaired) electrons. The molecule has 2 aromatic rings. The molecular weight excluding hydrogens is 274 g/mol. The van der Waals surface area contributed by atoms with Crippen molar-refractivity contribution < 1.29 is 4.79 Å². The number of carbonyl (C=O) groups excluding carboxylic acids is 1. The molecule has 3 rings (SSSR count). The number of hydrogen-bond donors (Lipinski definition) is 2. The minimum Gasteiger partial charge on any atom is -0.384 e. The summed E-state index contributed by atoms with van der Waals surface area (Å²) < 4.78 is 0. The van der Waals surface area contributed by atoms with Gasteiger partial charge in [-0.1, -0.05) is 29.8 Å². The largest absolute Gasteiger partial charge is 0.384 e. The quantitative estimate of drug-likeness (QED) is 0.835. The monoisotopic (exact) mass is 287 g/mol. The van der Waals surface area contributed by atoms with E-state index < -0.39 is 0 Å². The highest BCUT2D eigenvalue weighted by atomic mass is 35.5. The summed E-state index contributed by atoms with van der Waals surface area (Å²) in [6.07, 6.45) is 2.31. The summed E-state index contributed by atoms with van der Waals surface area (Å²) in [6, 6.07) is 11.5. The van der Waals surface area contributed by atoms with Crippen LogP contribution in [0, 0.1) is 5.92 Å². The number of halogens is 1. The molecule has 0 spiro atoms. The minimum absolute atomic E-state index is 0.00359. The number of anilines is 2. The first-order valence-electron chi connectivity index (χ1n) is 6.46. The van der Waals surface area contributed by atoms with Gasteiger partial charge in [-0.2, -0.15) is 0 Å². The van der Waals surface area contributed by atoms with Crippen LogP contribution in [0.25, 0.3) is 0 Å². The Kier molecular flexibility index (Phi) is 3.56. The van der Waals surface area contributed by atoms with Crippen LogP contribution in [0.3, 0.4) is 0 Å². The summed E-state index contributed by atoms with van der Waals surface area (Å²) in [5, 5.41) is 6.57. The summed E-state index contributed by atoms with van der Waals surface area (Å²) >= 11 is 5.72. The van der Waals surface area contributed by atoms with Crippen molar-refractivity contribution in [3.8, 4) is 0 Å². The summed E-state index contributed by atoms with van der Waals surface area (Å²) in [5.41, 5.74) is 2.95. The van der Waals surface area contributed by atoms with E-state index in [1.54, 1.807) is 18.3 Å². The van der Waals surface area contributed by atoms with Gasteiger partial charge in [0.2, 0.25) is 5.91 Å². The second-order valence-electron chi connectivity index (χ2n) is 4.80. The second kappa shape index (κ2) is 5.51. The Balaban J connectivity index is 1.68. The molecule has 0 bridgehead atoms. The van der Waals surface area contributed by atoms with E-state index in [9.17, 15) is 4.79 Å². The van der Waals surface area contributed by atoms with Crippen LogP contribution in [0.2, 0.25) is 5.15 Å². The normalized spacial score (nSPS) is 16.9. The fraction of sp³-hybridized carbons (Fsp3) is 0.200. The Morgan fingerprint density at radius 2 is 2.15 bits per heavy atom. The lowest BCUT2D eigenvalue weighted by Gasteiger charge is -2.25. The van der Waals surface area contributed by atoms with Gasteiger partial charge in [0, 0.05) is 12.2 Å². The Morgan fingerprint density at radius 1 is 1.30 bits per heavy atom. The molecule has 102 valence electrons. The van der Waals surface area contributed by atoms with E-state index in [-0.39, 0.29) is 11.8 Å². The van der Waals surface area contributed by atoms with Gasteiger partial charge in [-0.3, -0.25) is 4.79 Å². The number of hydrogen-bond acceptors (Lipinski definition) is 3. The van der Waals surface area contributed by atoms with Crippen molar-refractivity contribution in [1.82, 2.24) is 4.98 Å². The third-order valence-electron chi connectivity index (χ3n) is 3.39. The molecule has 1 aromatic heterocycles. The van der Waals surface area contributed by atoms with E-state index in [1.165, 1.54) is 5.56 Å². The van der Waals surface area contributed by atoms with Gasteiger partial charge in [-0.05, 0) is 30.2 Å². The second-order valence-corrected chi connectivity index (χ2v) is 5.19. The molecule has 1 atom stereocenters. The topological polar surface area (TPSA) is 54.0 Å². The lowest BCUT2D eigenvalue weighted by molar-refractivity contribution is -0.119. The zero-order valence-corrected chi connectivity index (χ0v) is 11.5.